The highest BCUT2D eigenvalue weighted by Crippen LogP contribution is 2.71. The third-order valence-corrected chi connectivity index (χ3v) is 2.47. The second-order valence-electron chi connectivity index (χ2n) is 3.46. The van der Waals surface area contributed by atoms with Crippen LogP contribution in [0.15, 0.2) is 0 Å². The van der Waals surface area contributed by atoms with E-state index in [0.29, 0.717) is 6.61 Å². The molecule has 2 saturated heterocycles. The van der Waals surface area contributed by atoms with E-state index in [9.17, 15) is 4.79 Å². The summed E-state index contributed by atoms with van der Waals surface area (Å²) in [4.78, 5) is 11.2. The lowest BCUT2D eigenvalue weighted by molar-refractivity contribution is -0.152. The number of carbonyl (C=O) groups excluding carboxylic acids is 1. The SMILES string of the molecule is CCCOC(=O)CC12OC1(CC)O2. The van der Waals surface area contributed by atoms with E-state index in [4.69, 9.17) is 14.2 Å². The van der Waals surface area contributed by atoms with Crippen LogP contribution in [0.3, 0.4) is 0 Å². The second-order valence-corrected chi connectivity index (χ2v) is 3.46. The quantitative estimate of drug-likeness (QED) is 0.478. The van der Waals surface area contributed by atoms with E-state index in [-0.39, 0.29) is 12.4 Å². The summed E-state index contributed by atoms with van der Waals surface area (Å²) in [6, 6.07) is 0. The molecule has 4 nitrogen and oxygen atoms in total. The summed E-state index contributed by atoms with van der Waals surface area (Å²) < 4.78 is 15.4. The lowest BCUT2D eigenvalue weighted by Crippen LogP contribution is -2.12. The molecule has 2 aliphatic rings. The fraction of sp³-hybridized carbons (Fsp3) is 0.889. The molecule has 2 aliphatic heterocycles. The number of esters is 1. The van der Waals surface area contributed by atoms with Gasteiger partial charge in [-0.05, 0) is 6.42 Å². The summed E-state index contributed by atoms with van der Waals surface area (Å²) >= 11 is 0. The van der Waals surface area contributed by atoms with Crippen LogP contribution < -0.4 is 0 Å². The van der Waals surface area contributed by atoms with Gasteiger partial charge in [-0.1, -0.05) is 13.8 Å². The van der Waals surface area contributed by atoms with E-state index < -0.39 is 11.6 Å². The molecule has 0 radical (unpaired) electrons. The van der Waals surface area contributed by atoms with Gasteiger partial charge in [-0.3, -0.25) is 4.79 Å². The molecule has 0 aliphatic carbocycles. The van der Waals surface area contributed by atoms with E-state index >= 15 is 0 Å². The number of rotatable bonds is 5. The molecule has 0 aromatic carbocycles. The lowest BCUT2D eigenvalue weighted by Gasteiger charge is -2.02. The molecule has 4 heteroatoms. The van der Waals surface area contributed by atoms with E-state index in [2.05, 4.69) is 0 Å². The molecule has 74 valence electrons. The van der Waals surface area contributed by atoms with Crippen molar-refractivity contribution in [3.8, 4) is 0 Å². The number of carbonyl (C=O) groups is 1. The van der Waals surface area contributed by atoms with Gasteiger partial charge in [0, 0.05) is 6.42 Å². The summed E-state index contributed by atoms with van der Waals surface area (Å²) in [6.07, 6.45) is 1.88. The average Bonchev–Trinajstić information content (AvgIpc) is 2.87. The zero-order chi connectivity index (χ0) is 9.53. The van der Waals surface area contributed by atoms with Crippen molar-refractivity contribution in [1.82, 2.24) is 0 Å². The van der Waals surface area contributed by atoms with Crippen molar-refractivity contribution >= 4 is 5.97 Å². The van der Waals surface area contributed by atoms with Gasteiger partial charge in [0.15, 0.2) is 0 Å². The zero-order valence-electron chi connectivity index (χ0n) is 7.96. The summed E-state index contributed by atoms with van der Waals surface area (Å²) in [7, 11) is 0. The second kappa shape index (κ2) is 2.69. The monoisotopic (exact) mass is 186 g/mol. The predicted molar refractivity (Wildman–Crippen MR) is 43.8 cm³/mol. The van der Waals surface area contributed by atoms with Crippen molar-refractivity contribution in [2.45, 2.75) is 44.7 Å². The van der Waals surface area contributed by atoms with Crippen LogP contribution in [0.4, 0.5) is 0 Å². The largest absolute Gasteiger partial charge is 0.466 e. The van der Waals surface area contributed by atoms with Crippen LogP contribution in [0.25, 0.3) is 0 Å². The molecule has 0 atom stereocenters. The summed E-state index contributed by atoms with van der Waals surface area (Å²) in [5.41, 5.74) is 0. The Morgan fingerprint density at radius 3 is 2.46 bits per heavy atom. The van der Waals surface area contributed by atoms with Crippen LogP contribution in [0, 0.1) is 0 Å². The molecule has 13 heavy (non-hydrogen) atoms. The highest BCUT2D eigenvalue weighted by Gasteiger charge is 2.90. The Hall–Kier alpha value is -0.610. The molecule has 0 aromatic rings. The Kier molecular flexibility index (Phi) is 1.85. The molecule has 0 bridgehead atoms. The molecule has 2 heterocycles. The Bertz CT molecular complexity index is 230. The van der Waals surface area contributed by atoms with Crippen LogP contribution in [-0.2, 0) is 19.0 Å². The number of epoxide rings is 2. The van der Waals surface area contributed by atoms with E-state index in [1.807, 2.05) is 13.8 Å². The average molecular weight is 186 g/mol. The van der Waals surface area contributed by atoms with Crippen molar-refractivity contribution in [3.63, 3.8) is 0 Å². The van der Waals surface area contributed by atoms with E-state index in [0.717, 1.165) is 12.8 Å². The molecule has 0 amide bonds. The highest BCUT2D eigenvalue weighted by molar-refractivity contribution is 5.72. The summed E-state index contributed by atoms with van der Waals surface area (Å²) in [5.74, 6) is -1.24. The Morgan fingerprint density at radius 1 is 1.31 bits per heavy atom. The molecule has 2 rings (SSSR count). The molecule has 0 aromatic heterocycles. The summed E-state index contributed by atoms with van der Waals surface area (Å²) in [5, 5.41) is 0. The first kappa shape index (κ1) is 8.97. The zero-order valence-corrected chi connectivity index (χ0v) is 7.96. The predicted octanol–water partition coefficient (Wildman–Crippen LogP) is 1.19. The number of fused-ring (bicyclic) bond motifs is 1. The Balaban J connectivity index is 1.73. The number of hydrogen-bond donors (Lipinski definition) is 0. The van der Waals surface area contributed by atoms with Crippen molar-refractivity contribution < 1.29 is 19.0 Å². The normalized spacial score (nSPS) is 39.5. The first-order chi connectivity index (χ1) is 6.18. The molecule has 0 unspecified atom stereocenters. The van der Waals surface area contributed by atoms with Crippen LogP contribution in [0.2, 0.25) is 0 Å². The molecule has 0 N–H and O–H groups in total. The number of ether oxygens (including phenoxy) is 3. The van der Waals surface area contributed by atoms with Crippen LogP contribution in [-0.4, -0.2) is 24.2 Å². The van der Waals surface area contributed by atoms with Crippen molar-refractivity contribution in [2.75, 3.05) is 6.61 Å². The fourth-order valence-electron chi connectivity index (χ4n) is 1.57. The van der Waals surface area contributed by atoms with Gasteiger partial charge < -0.3 is 14.2 Å². The lowest BCUT2D eigenvalue weighted by atomic mass is 10.2. The molecular formula is C9H14O4. The van der Waals surface area contributed by atoms with E-state index in [1.165, 1.54) is 0 Å². The molecule has 0 saturated carbocycles. The van der Waals surface area contributed by atoms with Crippen molar-refractivity contribution in [3.05, 3.63) is 0 Å². The van der Waals surface area contributed by atoms with Gasteiger partial charge in [0.25, 0.3) is 0 Å². The third-order valence-electron chi connectivity index (χ3n) is 2.47. The first-order valence-electron chi connectivity index (χ1n) is 4.74. The minimum Gasteiger partial charge on any atom is -0.466 e. The van der Waals surface area contributed by atoms with Crippen molar-refractivity contribution in [1.29, 1.82) is 0 Å². The third kappa shape index (κ3) is 1.25. The fourth-order valence-corrected chi connectivity index (χ4v) is 1.57. The highest BCUT2D eigenvalue weighted by atomic mass is 17.0. The number of hydrogen-bond acceptors (Lipinski definition) is 4. The van der Waals surface area contributed by atoms with Crippen LogP contribution in [0.5, 0.6) is 0 Å². The Morgan fingerprint density at radius 2 is 2.00 bits per heavy atom. The minimum atomic E-state index is -0.591. The van der Waals surface area contributed by atoms with Gasteiger partial charge in [0.05, 0.1) is 6.61 Å². The topological polar surface area (TPSA) is 51.4 Å². The van der Waals surface area contributed by atoms with Gasteiger partial charge in [0.1, 0.15) is 6.42 Å². The van der Waals surface area contributed by atoms with Gasteiger partial charge in [-0.25, -0.2) is 0 Å². The maximum Gasteiger partial charge on any atom is 0.311 e. The maximum absolute atomic E-state index is 11.2. The molecule has 2 fully saturated rings. The Labute approximate surface area is 77.1 Å². The van der Waals surface area contributed by atoms with Crippen LogP contribution in [0.1, 0.15) is 33.1 Å². The molecular weight excluding hydrogens is 172 g/mol. The first-order valence-corrected chi connectivity index (χ1v) is 4.74. The van der Waals surface area contributed by atoms with Gasteiger partial charge >= 0.3 is 5.97 Å². The smallest absolute Gasteiger partial charge is 0.311 e. The van der Waals surface area contributed by atoms with Crippen LogP contribution >= 0.6 is 0 Å². The van der Waals surface area contributed by atoms with Crippen molar-refractivity contribution in [2.24, 2.45) is 0 Å². The maximum atomic E-state index is 11.2. The van der Waals surface area contributed by atoms with E-state index in [1.54, 1.807) is 0 Å². The minimum absolute atomic E-state index is 0.227. The van der Waals surface area contributed by atoms with Gasteiger partial charge in [-0.15, -0.1) is 0 Å². The summed E-state index contributed by atoms with van der Waals surface area (Å²) in [6.45, 7) is 4.42. The van der Waals surface area contributed by atoms with Gasteiger partial charge in [0.2, 0.25) is 11.6 Å². The standard InChI is InChI=1S/C9H14O4/c1-3-5-11-7(10)6-9-8(4-2,12-9)13-9/h3-6H2,1-2H3. The van der Waals surface area contributed by atoms with Gasteiger partial charge in [-0.2, -0.15) is 0 Å². The molecule has 0 spiro atoms.